The molecule has 0 aliphatic rings. The van der Waals surface area contributed by atoms with Crippen LogP contribution in [-0.2, 0) is 0 Å². The van der Waals surface area contributed by atoms with Crippen molar-refractivity contribution in [2.45, 2.75) is 6.92 Å². The van der Waals surface area contributed by atoms with Gasteiger partial charge in [-0.15, -0.1) is 0 Å². The number of nitro groups is 1. The quantitative estimate of drug-likeness (QED) is 0.508. The van der Waals surface area contributed by atoms with Crippen LogP contribution in [0.2, 0.25) is 0 Å². The van der Waals surface area contributed by atoms with Gasteiger partial charge in [-0.1, -0.05) is 0 Å². The van der Waals surface area contributed by atoms with E-state index in [0.29, 0.717) is 11.5 Å². The van der Waals surface area contributed by atoms with Crippen LogP contribution in [0.15, 0.2) is 39.9 Å². The molecule has 2 aromatic rings. The SMILES string of the molecule is Cc1cc([N+](=O)[O-])ccc1-c1ccc(/C=N\NC(N)=O)o1. The van der Waals surface area contributed by atoms with Gasteiger partial charge in [-0.2, -0.15) is 5.10 Å². The number of nitrogens with zero attached hydrogens (tertiary/aromatic N) is 2. The van der Waals surface area contributed by atoms with Crippen LogP contribution in [0.4, 0.5) is 10.5 Å². The van der Waals surface area contributed by atoms with Crippen LogP contribution in [0.5, 0.6) is 0 Å². The van der Waals surface area contributed by atoms with E-state index in [1.807, 2.05) is 5.43 Å². The maximum Gasteiger partial charge on any atom is 0.332 e. The van der Waals surface area contributed by atoms with Gasteiger partial charge < -0.3 is 10.2 Å². The molecule has 2 amide bonds. The molecule has 8 heteroatoms. The summed E-state index contributed by atoms with van der Waals surface area (Å²) in [6.07, 6.45) is 1.30. The highest BCUT2D eigenvalue weighted by atomic mass is 16.6. The first-order chi connectivity index (χ1) is 9.97. The maximum absolute atomic E-state index is 10.7. The number of nitro benzene ring substituents is 1. The fourth-order valence-electron chi connectivity index (χ4n) is 1.76. The van der Waals surface area contributed by atoms with Crippen molar-refractivity contribution in [3.05, 3.63) is 51.8 Å². The summed E-state index contributed by atoms with van der Waals surface area (Å²) in [5.41, 5.74) is 8.39. The van der Waals surface area contributed by atoms with Gasteiger partial charge in [0.05, 0.1) is 11.1 Å². The third-order valence-corrected chi connectivity index (χ3v) is 2.68. The number of hydrogen-bond donors (Lipinski definition) is 2. The molecule has 2 rings (SSSR count). The van der Waals surface area contributed by atoms with Crippen molar-refractivity contribution < 1.29 is 14.1 Å². The predicted molar refractivity (Wildman–Crippen MR) is 75.8 cm³/mol. The first-order valence-electron chi connectivity index (χ1n) is 5.91. The second kappa shape index (κ2) is 5.87. The number of rotatable bonds is 4. The summed E-state index contributed by atoms with van der Waals surface area (Å²) >= 11 is 0. The Morgan fingerprint density at radius 1 is 1.43 bits per heavy atom. The molecule has 1 aromatic carbocycles. The number of primary amides is 1. The van der Waals surface area contributed by atoms with E-state index in [-0.39, 0.29) is 5.69 Å². The van der Waals surface area contributed by atoms with Crippen molar-refractivity contribution in [3.63, 3.8) is 0 Å². The summed E-state index contributed by atoms with van der Waals surface area (Å²) in [5, 5.41) is 14.3. The Hall–Kier alpha value is -3.16. The van der Waals surface area contributed by atoms with Gasteiger partial charge in [0.1, 0.15) is 11.5 Å². The highest BCUT2D eigenvalue weighted by Crippen LogP contribution is 2.28. The van der Waals surface area contributed by atoms with Crippen LogP contribution in [0.25, 0.3) is 11.3 Å². The van der Waals surface area contributed by atoms with E-state index in [9.17, 15) is 14.9 Å². The van der Waals surface area contributed by atoms with E-state index in [4.69, 9.17) is 10.2 Å². The molecule has 0 spiro atoms. The number of carbonyl (C=O) groups is 1. The number of benzene rings is 1. The zero-order chi connectivity index (χ0) is 15.4. The minimum Gasteiger partial charge on any atom is -0.455 e. The normalized spacial score (nSPS) is 10.7. The molecule has 0 aliphatic heterocycles. The summed E-state index contributed by atoms with van der Waals surface area (Å²) in [4.78, 5) is 20.7. The molecule has 1 heterocycles. The predicted octanol–water partition coefficient (Wildman–Crippen LogP) is 2.17. The summed E-state index contributed by atoms with van der Waals surface area (Å²) < 4.78 is 5.52. The van der Waals surface area contributed by atoms with Crippen molar-refractivity contribution in [2.24, 2.45) is 10.8 Å². The van der Waals surface area contributed by atoms with Crippen molar-refractivity contribution in [2.75, 3.05) is 0 Å². The van der Waals surface area contributed by atoms with Crippen LogP contribution in [-0.4, -0.2) is 17.2 Å². The molecule has 0 saturated heterocycles. The highest BCUT2D eigenvalue weighted by Gasteiger charge is 2.11. The van der Waals surface area contributed by atoms with Gasteiger partial charge in [0.25, 0.3) is 5.69 Å². The third kappa shape index (κ3) is 3.44. The van der Waals surface area contributed by atoms with Gasteiger partial charge >= 0.3 is 6.03 Å². The molecule has 8 nitrogen and oxygen atoms in total. The molecular weight excluding hydrogens is 276 g/mol. The Kier molecular flexibility index (Phi) is 3.98. The van der Waals surface area contributed by atoms with Crippen LogP contribution in [0.3, 0.4) is 0 Å². The van der Waals surface area contributed by atoms with E-state index >= 15 is 0 Å². The third-order valence-electron chi connectivity index (χ3n) is 2.68. The number of aryl methyl sites for hydroxylation is 1. The Balaban J connectivity index is 2.23. The largest absolute Gasteiger partial charge is 0.455 e. The number of nitrogens with two attached hydrogens (primary N) is 1. The van der Waals surface area contributed by atoms with Crippen LogP contribution >= 0.6 is 0 Å². The first kappa shape index (κ1) is 14.3. The first-order valence-corrected chi connectivity index (χ1v) is 5.91. The Morgan fingerprint density at radius 3 is 2.81 bits per heavy atom. The lowest BCUT2D eigenvalue weighted by molar-refractivity contribution is -0.384. The molecule has 0 aliphatic carbocycles. The van der Waals surface area contributed by atoms with Crippen LogP contribution in [0.1, 0.15) is 11.3 Å². The smallest absolute Gasteiger partial charge is 0.332 e. The molecule has 3 N–H and O–H groups in total. The Morgan fingerprint density at radius 2 is 2.19 bits per heavy atom. The fourth-order valence-corrected chi connectivity index (χ4v) is 1.76. The number of nitrogens with one attached hydrogen (secondary N) is 1. The van der Waals surface area contributed by atoms with E-state index < -0.39 is 11.0 Å². The molecule has 0 unspecified atom stereocenters. The Labute approximate surface area is 119 Å². The van der Waals surface area contributed by atoms with Gasteiger partial charge in [-0.25, -0.2) is 10.2 Å². The Bertz CT molecular complexity index is 721. The van der Waals surface area contributed by atoms with E-state index in [0.717, 1.165) is 11.1 Å². The van der Waals surface area contributed by atoms with Crippen molar-refractivity contribution in [3.8, 4) is 11.3 Å². The summed E-state index contributed by atoms with van der Waals surface area (Å²) in [7, 11) is 0. The molecular formula is C13H12N4O4. The van der Waals surface area contributed by atoms with Crippen LogP contribution in [0, 0.1) is 17.0 Å². The van der Waals surface area contributed by atoms with Gasteiger partial charge in [0.2, 0.25) is 0 Å². The summed E-state index contributed by atoms with van der Waals surface area (Å²) in [6, 6.07) is 7.09. The average molecular weight is 288 g/mol. The summed E-state index contributed by atoms with van der Waals surface area (Å²) in [6.45, 7) is 1.76. The zero-order valence-electron chi connectivity index (χ0n) is 11.1. The molecule has 1 aromatic heterocycles. The number of hydrazone groups is 1. The number of amides is 2. The number of urea groups is 1. The zero-order valence-corrected chi connectivity index (χ0v) is 11.1. The van der Waals surface area contributed by atoms with Crippen LogP contribution < -0.4 is 11.2 Å². The van der Waals surface area contributed by atoms with Gasteiger partial charge in [-0.05, 0) is 30.7 Å². The van der Waals surface area contributed by atoms with Crippen molar-refractivity contribution in [1.29, 1.82) is 0 Å². The summed E-state index contributed by atoms with van der Waals surface area (Å²) in [5.74, 6) is 0.958. The maximum atomic E-state index is 10.7. The fraction of sp³-hybridized carbons (Fsp3) is 0.0769. The van der Waals surface area contributed by atoms with Crippen molar-refractivity contribution in [1.82, 2.24) is 5.43 Å². The lowest BCUT2D eigenvalue weighted by atomic mass is 10.1. The minimum atomic E-state index is -0.774. The molecule has 108 valence electrons. The molecule has 0 bridgehead atoms. The number of carbonyl (C=O) groups excluding carboxylic acids is 1. The second-order valence-electron chi connectivity index (χ2n) is 4.19. The van der Waals surface area contributed by atoms with E-state index in [1.165, 1.54) is 18.3 Å². The monoisotopic (exact) mass is 288 g/mol. The lowest BCUT2D eigenvalue weighted by Crippen LogP contribution is -2.24. The molecule has 0 radical (unpaired) electrons. The topological polar surface area (TPSA) is 124 Å². The van der Waals surface area contributed by atoms with E-state index in [2.05, 4.69) is 5.10 Å². The number of hydrogen-bond acceptors (Lipinski definition) is 5. The number of non-ortho nitro benzene ring substituents is 1. The molecule has 0 fully saturated rings. The minimum absolute atomic E-state index is 0.0234. The molecule has 21 heavy (non-hydrogen) atoms. The van der Waals surface area contributed by atoms with Gasteiger partial charge in [0.15, 0.2) is 0 Å². The standard InChI is InChI=1S/C13H12N4O4/c1-8-6-9(17(19)20)2-4-11(8)12-5-3-10(21-12)7-15-16-13(14)18/h2-7H,1H3,(H3,14,16,18)/b15-7-. The van der Waals surface area contributed by atoms with Gasteiger partial charge in [0, 0.05) is 17.7 Å². The molecule has 0 saturated carbocycles. The average Bonchev–Trinajstić information content (AvgIpc) is 2.86. The second-order valence-corrected chi connectivity index (χ2v) is 4.19. The van der Waals surface area contributed by atoms with E-state index in [1.54, 1.807) is 25.1 Å². The van der Waals surface area contributed by atoms with Crippen molar-refractivity contribution >= 4 is 17.9 Å². The number of furan rings is 1. The lowest BCUT2D eigenvalue weighted by Gasteiger charge is -2.02. The molecule has 0 atom stereocenters. The highest BCUT2D eigenvalue weighted by molar-refractivity contribution is 5.80. The van der Waals surface area contributed by atoms with Gasteiger partial charge in [-0.3, -0.25) is 10.1 Å².